The molecule has 0 saturated carbocycles. The zero-order chi connectivity index (χ0) is 18.8. The first-order valence-electron chi connectivity index (χ1n) is 9.05. The van der Waals surface area contributed by atoms with Crippen molar-refractivity contribution in [1.82, 2.24) is 19.9 Å². The van der Waals surface area contributed by atoms with E-state index in [-0.39, 0.29) is 0 Å². The Bertz CT molecular complexity index is 1090. The van der Waals surface area contributed by atoms with Crippen LogP contribution in [-0.2, 0) is 0 Å². The molecule has 138 valence electrons. The van der Waals surface area contributed by atoms with E-state index in [2.05, 4.69) is 29.3 Å². The van der Waals surface area contributed by atoms with Crippen molar-refractivity contribution < 1.29 is 0 Å². The molecule has 0 bridgehead atoms. The fourth-order valence-electron chi connectivity index (χ4n) is 3.19. The van der Waals surface area contributed by atoms with Crippen LogP contribution < -0.4 is 5.32 Å². The zero-order valence-electron chi connectivity index (χ0n) is 15.5. The Balaban J connectivity index is 1.75. The van der Waals surface area contributed by atoms with E-state index < -0.39 is 0 Å². The van der Waals surface area contributed by atoms with Gasteiger partial charge in [-0.2, -0.15) is 0 Å². The minimum Gasteiger partial charge on any atom is -0.369 e. The highest BCUT2D eigenvalue weighted by molar-refractivity contribution is 6.38. The third kappa shape index (κ3) is 3.61. The first-order chi connectivity index (χ1) is 13.1. The normalized spacial score (nSPS) is 11.6. The lowest BCUT2D eigenvalue weighted by molar-refractivity contribution is 0.405. The number of halogens is 1. The third-order valence-electron chi connectivity index (χ3n) is 4.54. The molecule has 0 radical (unpaired) electrons. The Hall–Kier alpha value is -2.63. The van der Waals surface area contributed by atoms with Crippen molar-refractivity contribution in [3.05, 3.63) is 53.6 Å². The second-order valence-electron chi connectivity index (χ2n) is 6.86. The van der Waals surface area contributed by atoms with Crippen molar-refractivity contribution in [3.8, 4) is 11.5 Å². The predicted octanol–water partition coefficient (Wildman–Crippen LogP) is 4.80. The van der Waals surface area contributed by atoms with Crippen molar-refractivity contribution in [2.24, 2.45) is 0 Å². The summed E-state index contributed by atoms with van der Waals surface area (Å²) in [6.45, 7) is 1.87. The maximum Gasteiger partial charge on any atom is 0.180 e. The van der Waals surface area contributed by atoms with Crippen LogP contribution in [0.5, 0.6) is 0 Å². The van der Waals surface area contributed by atoms with Gasteiger partial charge in [0.25, 0.3) is 0 Å². The van der Waals surface area contributed by atoms with E-state index in [1.165, 1.54) is 0 Å². The SMILES string of the molecule is CN(C)CCCNc1nc(-c2[nH]c3ccccc3c2Cl)nc2ccccc12. The van der Waals surface area contributed by atoms with Crippen LogP contribution in [0.4, 0.5) is 5.82 Å². The molecule has 0 aliphatic heterocycles. The van der Waals surface area contributed by atoms with Gasteiger partial charge in [0.2, 0.25) is 0 Å². The van der Waals surface area contributed by atoms with E-state index in [0.29, 0.717) is 10.8 Å². The Morgan fingerprint density at radius 2 is 1.74 bits per heavy atom. The molecule has 2 heterocycles. The molecule has 6 heteroatoms. The van der Waals surface area contributed by atoms with Gasteiger partial charge in [0.15, 0.2) is 5.82 Å². The molecular formula is C21H22ClN5. The molecule has 0 saturated heterocycles. The highest BCUT2D eigenvalue weighted by atomic mass is 35.5. The number of fused-ring (bicyclic) bond motifs is 2. The van der Waals surface area contributed by atoms with Gasteiger partial charge in [-0.25, -0.2) is 9.97 Å². The van der Waals surface area contributed by atoms with Crippen LogP contribution >= 0.6 is 11.6 Å². The average molecular weight is 380 g/mol. The molecule has 0 amide bonds. The lowest BCUT2D eigenvalue weighted by Crippen LogP contribution is -2.16. The van der Waals surface area contributed by atoms with Gasteiger partial charge in [0, 0.05) is 22.8 Å². The van der Waals surface area contributed by atoms with Crippen LogP contribution in [0.2, 0.25) is 5.02 Å². The standard InChI is InChI=1S/C21H22ClN5/c1-27(2)13-7-12-23-20-15-9-4-6-11-17(15)25-21(26-20)19-18(22)14-8-3-5-10-16(14)24-19/h3-6,8-11,24H,7,12-13H2,1-2H3,(H,23,25,26). The molecule has 2 aromatic heterocycles. The fraction of sp³-hybridized carbons (Fsp3) is 0.238. The van der Waals surface area contributed by atoms with E-state index in [4.69, 9.17) is 21.6 Å². The smallest absolute Gasteiger partial charge is 0.180 e. The molecule has 0 spiro atoms. The van der Waals surface area contributed by atoms with Crippen LogP contribution in [0.15, 0.2) is 48.5 Å². The summed E-state index contributed by atoms with van der Waals surface area (Å²) in [6, 6.07) is 16.0. The summed E-state index contributed by atoms with van der Waals surface area (Å²) in [5.74, 6) is 1.44. The van der Waals surface area contributed by atoms with Gasteiger partial charge < -0.3 is 15.2 Å². The van der Waals surface area contributed by atoms with Gasteiger partial charge in [-0.3, -0.25) is 0 Å². The molecular weight excluding hydrogens is 358 g/mol. The number of hydrogen-bond acceptors (Lipinski definition) is 4. The molecule has 27 heavy (non-hydrogen) atoms. The maximum absolute atomic E-state index is 6.62. The number of benzene rings is 2. The number of H-pyrrole nitrogens is 1. The molecule has 4 rings (SSSR count). The maximum atomic E-state index is 6.62. The van der Waals surface area contributed by atoms with Gasteiger partial charge in [-0.15, -0.1) is 0 Å². The fourth-order valence-corrected chi connectivity index (χ4v) is 3.48. The van der Waals surface area contributed by atoms with Gasteiger partial charge in [-0.1, -0.05) is 41.9 Å². The molecule has 5 nitrogen and oxygen atoms in total. The highest BCUT2D eigenvalue weighted by Crippen LogP contribution is 2.34. The Morgan fingerprint density at radius 3 is 2.52 bits per heavy atom. The van der Waals surface area contributed by atoms with Gasteiger partial charge in [0.05, 0.1) is 10.5 Å². The number of hydrogen-bond donors (Lipinski definition) is 2. The lowest BCUT2D eigenvalue weighted by atomic mass is 10.2. The number of rotatable bonds is 6. The molecule has 0 fully saturated rings. The Kier molecular flexibility index (Phi) is 4.97. The summed E-state index contributed by atoms with van der Waals surface area (Å²) in [5.41, 5.74) is 2.63. The molecule has 2 aromatic carbocycles. The van der Waals surface area contributed by atoms with E-state index >= 15 is 0 Å². The van der Waals surface area contributed by atoms with E-state index in [1.54, 1.807) is 0 Å². The summed E-state index contributed by atoms with van der Waals surface area (Å²) >= 11 is 6.62. The van der Waals surface area contributed by atoms with Gasteiger partial charge >= 0.3 is 0 Å². The molecule has 0 aliphatic carbocycles. The van der Waals surface area contributed by atoms with Crippen molar-refractivity contribution in [1.29, 1.82) is 0 Å². The molecule has 0 aliphatic rings. The summed E-state index contributed by atoms with van der Waals surface area (Å²) in [7, 11) is 4.16. The second kappa shape index (κ2) is 7.55. The number of aromatic amines is 1. The lowest BCUT2D eigenvalue weighted by Gasteiger charge is -2.12. The quantitative estimate of drug-likeness (QED) is 0.473. The Morgan fingerprint density at radius 1 is 1.00 bits per heavy atom. The first-order valence-corrected chi connectivity index (χ1v) is 9.43. The minimum absolute atomic E-state index is 0.602. The van der Waals surface area contributed by atoms with E-state index in [0.717, 1.165) is 52.8 Å². The van der Waals surface area contributed by atoms with Crippen molar-refractivity contribution in [2.45, 2.75) is 6.42 Å². The van der Waals surface area contributed by atoms with Gasteiger partial charge in [-0.05, 0) is 45.3 Å². The number of aromatic nitrogens is 3. The topological polar surface area (TPSA) is 56.8 Å². The monoisotopic (exact) mass is 379 g/mol. The summed E-state index contributed by atoms with van der Waals surface area (Å²) < 4.78 is 0. The van der Waals surface area contributed by atoms with E-state index in [1.807, 2.05) is 48.5 Å². The predicted molar refractivity (Wildman–Crippen MR) is 114 cm³/mol. The van der Waals surface area contributed by atoms with Crippen LogP contribution in [-0.4, -0.2) is 47.0 Å². The molecule has 2 N–H and O–H groups in total. The summed E-state index contributed by atoms with van der Waals surface area (Å²) in [5, 5.41) is 6.11. The van der Waals surface area contributed by atoms with Crippen molar-refractivity contribution >= 4 is 39.2 Å². The highest BCUT2D eigenvalue weighted by Gasteiger charge is 2.16. The van der Waals surface area contributed by atoms with Crippen LogP contribution in [0, 0.1) is 0 Å². The van der Waals surface area contributed by atoms with Crippen molar-refractivity contribution in [3.63, 3.8) is 0 Å². The first kappa shape index (κ1) is 17.8. The average Bonchev–Trinajstić information content (AvgIpc) is 3.02. The minimum atomic E-state index is 0.602. The molecule has 0 atom stereocenters. The summed E-state index contributed by atoms with van der Waals surface area (Å²) in [4.78, 5) is 15.1. The number of anilines is 1. The van der Waals surface area contributed by atoms with Crippen LogP contribution in [0.1, 0.15) is 6.42 Å². The second-order valence-corrected chi connectivity index (χ2v) is 7.23. The third-order valence-corrected chi connectivity index (χ3v) is 4.94. The van der Waals surface area contributed by atoms with Gasteiger partial charge in [0.1, 0.15) is 11.5 Å². The van der Waals surface area contributed by atoms with Crippen molar-refractivity contribution in [2.75, 3.05) is 32.5 Å². The summed E-state index contributed by atoms with van der Waals surface area (Å²) in [6.07, 6.45) is 1.04. The molecule has 4 aromatic rings. The zero-order valence-corrected chi connectivity index (χ0v) is 16.2. The number of nitrogens with one attached hydrogen (secondary N) is 2. The number of para-hydroxylation sites is 2. The van der Waals surface area contributed by atoms with E-state index in [9.17, 15) is 0 Å². The Labute approximate surface area is 163 Å². The number of nitrogens with zero attached hydrogens (tertiary/aromatic N) is 3. The van der Waals surface area contributed by atoms with Crippen LogP contribution in [0.3, 0.4) is 0 Å². The molecule has 0 unspecified atom stereocenters. The largest absolute Gasteiger partial charge is 0.369 e. The van der Waals surface area contributed by atoms with Crippen LogP contribution in [0.25, 0.3) is 33.3 Å².